The minimum absolute atomic E-state index is 0.356. The van der Waals surface area contributed by atoms with Crippen molar-refractivity contribution in [1.82, 2.24) is 4.90 Å². The van der Waals surface area contributed by atoms with E-state index in [9.17, 15) is 0 Å². The highest BCUT2D eigenvalue weighted by Crippen LogP contribution is 2.20. The van der Waals surface area contributed by atoms with Gasteiger partial charge in [-0.25, -0.2) is 0 Å². The van der Waals surface area contributed by atoms with Gasteiger partial charge in [0.25, 0.3) is 0 Å². The zero-order valence-electron chi connectivity index (χ0n) is 12.3. The molecular weight excluding hydrogens is 303 g/mol. The Morgan fingerprint density at radius 2 is 1.48 bits per heavy atom. The molecule has 1 unspecified atom stereocenters. The predicted molar refractivity (Wildman–Crippen MR) is 92.4 cm³/mol. The number of rotatable bonds is 6. The normalized spacial score (nSPS) is 12.4. The van der Waals surface area contributed by atoms with Crippen LogP contribution in [0.15, 0.2) is 48.5 Å². The molecule has 2 aromatic rings. The first kappa shape index (κ1) is 16.2. The third-order valence-electron chi connectivity index (χ3n) is 3.65. The van der Waals surface area contributed by atoms with Crippen molar-refractivity contribution < 1.29 is 0 Å². The fourth-order valence-corrected chi connectivity index (χ4v) is 2.39. The van der Waals surface area contributed by atoms with Crippen LogP contribution in [0.5, 0.6) is 0 Å². The van der Waals surface area contributed by atoms with Crippen molar-refractivity contribution in [2.45, 2.75) is 13.0 Å². The Balaban J connectivity index is 1.82. The summed E-state index contributed by atoms with van der Waals surface area (Å²) in [6, 6.07) is 16.2. The molecule has 112 valence electrons. The molecular formula is C17H20Cl2N2. The van der Waals surface area contributed by atoms with E-state index in [-0.39, 0.29) is 0 Å². The van der Waals surface area contributed by atoms with E-state index < -0.39 is 0 Å². The summed E-state index contributed by atoms with van der Waals surface area (Å²) < 4.78 is 0. The number of nitrogens with zero attached hydrogens (tertiary/aromatic N) is 1. The van der Waals surface area contributed by atoms with Gasteiger partial charge in [0.15, 0.2) is 0 Å². The summed E-state index contributed by atoms with van der Waals surface area (Å²) in [6.45, 7) is 4.04. The van der Waals surface area contributed by atoms with E-state index in [1.807, 2.05) is 36.4 Å². The Bertz CT molecular complexity index is 552. The van der Waals surface area contributed by atoms with Crippen LogP contribution in [-0.4, -0.2) is 25.0 Å². The van der Waals surface area contributed by atoms with E-state index in [0.717, 1.165) is 28.8 Å². The molecule has 2 rings (SSSR count). The molecule has 1 N–H and O–H groups in total. The summed E-state index contributed by atoms with van der Waals surface area (Å²) >= 11 is 11.8. The Labute approximate surface area is 136 Å². The lowest BCUT2D eigenvalue weighted by Crippen LogP contribution is -2.28. The largest absolute Gasteiger partial charge is 0.384 e. The van der Waals surface area contributed by atoms with Crippen molar-refractivity contribution in [3.05, 3.63) is 64.1 Å². The highest BCUT2D eigenvalue weighted by molar-refractivity contribution is 6.30. The van der Waals surface area contributed by atoms with Gasteiger partial charge in [-0.15, -0.1) is 0 Å². The van der Waals surface area contributed by atoms with Gasteiger partial charge in [-0.3, -0.25) is 4.90 Å². The molecule has 2 aromatic carbocycles. The number of nitrogens with one attached hydrogen (secondary N) is 1. The summed E-state index contributed by atoms with van der Waals surface area (Å²) in [5.41, 5.74) is 2.36. The lowest BCUT2D eigenvalue weighted by molar-refractivity contribution is 0.271. The molecule has 21 heavy (non-hydrogen) atoms. The van der Waals surface area contributed by atoms with Crippen LogP contribution in [0.25, 0.3) is 0 Å². The highest BCUT2D eigenvalue weighted by atomic mass is 35.5. The van der Waals surface area contributed by atoms with Crippen molar-refractivity contribution in [3.63, 3.8) is 0 Å². The molecule has 0 saturated carbocycles. The van der Waals surface area contributed by atoms with Crippen molar-refractivity contribution in [1.29, 1.82) is 0 Å². The fraction of sp³-hybridized carbons (Fsp3) is 0.294. The van der Waals surface area contributed by atoms with E-state index in [2.05, 4.69) is 36.3 Å². The van der Waals surface area contributed by atoms with Crippen LogP contribution < -0.4 is 5.32 Å². The van der Waals surface area contributed by atoms with Gasteiger partial charge in [-0.1, -0.05) is 35.3 Å². The molecule has 2 nitrogen and oxygen atoms in total. The zero-order valence-corrected chi connectivity index (χ0v) is 13.8. The molecule has 0 fully saturated rings. The highest BCUT2D eigenvalue weighted by Gasteiger charge is 2.10. The maximum atomic E-state index is 5.93. The smallest absolute Gasteiger partial charge is 0.0407 e. The van der Waals surface area contributed by atoms with Gasteiger partial charge in [0.05, 0.1) is 0 Å². The van der Waals surface area contributed by atoms with Gasteiger partial charge in [0.1, 0.15) is 0 Å². The molecule has 0 amide bonds. The first-order valence-corrected chi connectivity index (χ1v) is 7.77. The Kier molecular flexibility index (Phi) is 5.92. The zero-order chi connectivity index (χ0) is 15.2. The van der Waals surface area contributed by atoms with Crippen LogP contribution in [0.3, 0.4) is 0 Å². The molecule has 0 saturated heterocycles. The number of anilines is 1. The SMILES string of the molecule is CC(c1ccc(Cl)cc1)N(C)CCNc1ccc(Cl)cc1. The van der Waals surface area contributed by atoms with E-state index >= 15 is 0 Å². The minimum atomic E-state index is 0.356. The second-order valence-electron chi connectivity index (χ2n) is 5.14. The van der Waals surface area contributed by atoms with E-state index in [4.69, 9.17) is 23.2 Å². The van der Waals surface area contributed by atoms with Crippen LogP contribution in [-0.2, 0) is 0 Å². The molecule has 0 bridgehead atoms. The van der Waals surface area contributed by atoms with Crippen LogP contribution >= 0.6 is 23.2 Å². The van der Waals surface area contributed by atoms with Crippen molar-refractivity contribution in [2.24, 2.45) is 0 Å². The van der Waals surface area contributed by atoms with Crippen LogP contribution in [0, 0.1) is 0 Å². The van der Waals surface area contributed by atoms with Gasteiger partial charge in [0.2, 0.25) is 0 Å². The van der Waals surface area contributed by atoms with Gasteiger partial charge in [-0.2, -0.15) is 0 Å². The first-order valence-electron chi connectivity index (χ1n) is 7.01. The molecule has 0 aliphatic carbocycles. The van der Waals surface area contributed by atoms with Crippen molar-refractivity contribution in [3.8, 4) is 0 Å². The molecule has 0 aromatic heterocycles. The number of hydrogen-bond donors (Lipinski definition) is 1. The van der Waals surface area contributed by atoms with Crippen LogP contribution in [0.4, 0.5) is 5.69 Å². The quantitative estimate of drug-likeness (QED) is 0.796. The van der Waals surface area contributed by atoms with Gasteiger partial charge in [0, 0.05) is 34.9 Å². The number of hydrogen-bond acceptors (Lipinski definition) is 2. The summed E-state index contributed by atoms with van der Waals surface area (Å²) in [5, 5.41) is 4.93. The van der Waals surface area contributed by atoms with Crippen LogP contribution in [0.2, 0.25) is 10.0 Å². The topological polar surface area (TPSA) is 15.3 Å². The number of halogens is 2. The summed E-state index contributed by atoms with van der Waals surface area (Å²) in [7, 11) is 2.13. The third kappa shape index (κ3) is 4.92. The maximum Gasteiger partial charge on any atom is 0.0407 e. The van der Waals surface area contributed by atoms with E-state index in [1.165, 1.54) is 5.56 Å². The molecule has 0 aliphatic heterocycles. The van der Waals surface area contributed by atoms with Gasteiger partial charge in [-0.05, 0) is 55.9 Å². The van der Waals surface area contributed by atoms with Crippen LogP contribution in [0.1, 0.15) is 18.5 Å². The maximum absolute atomic E-state index is 5.93. The van der Waals surface area contributed by atoms with E-state index in [0.29, 0.717) is 6.04 Å². The molecule has 4 heteroatoms. The lowest BCUT2D eigenvalue weighted by Gasteiger charge is -2.25. The van der Waals surface area contributed by atoms with Crippen molar-refractivity contribution in [2.75, 3.05) is 25.5 Å². The average Bonchev–Trinajstić information content (AvgIpc) is 2.49. The molecule has 0 heterocycles. The lowest BCUT2D eigenvalue weighted by atomic mass is 10.1. The molecule has 0 aliphatic rings. The number of benzene rings is 2. The summed E-state index contributed by atoms with van der Waals surface area (Å²) in [5.74, 6) is 0. The second-order valence-corrected chi connectivity index (χ2v) is 6.01. The number of likely N-dealkylation sites (N-methyl/N-ethyl adjacent to an activating group) is 1. The predicted octanol–water partition coefficient (Wildman–Crippen LogP) is 5.10. The molecule has 0 spiro atoms. The van der Waals surface area contributed by atoms with E-state index in [1.54, 1.807) is 0 Å². The summed E-state index contributed by atoms with van der Waals surface area (Å²) in [6.07, 6.45) is 0. The third-order valence-corrected chi connectivity index (χ3v) is 4.16. The molecule has 1 atom stereocenters. The fourth-order valence-electron chi connectivity index (χ4n) is 2.13. The monoisotopic (exact) mass is 322 g/mol. The Hall–Kier alpha value is -1.22. The Morgan fingerprint density at radius 3 is 2.05 bits per heavy atom. The van der Waals surface area contributed by atoms with Gasteiger partial charge >= 0.3 is 0 Å². The average molecular weight is 323 g/mol. The first-order chi connectivity index (χ1) is 10.1. The second kappa shape index (κ2) is 7.69. The standard InChI is InChI=1S/C17H20Cl2N2/c1-13(14-3-5-15(18)6-4-14)21(2)12-11-20-17-9-7-16(19)8-10-17/h3-10,13,20H,11-12H2,1-2H3. The minimum Gasteiger partial charge on any atom is -0.384 e. The Morgan fingerprint density at radius 1 is 0.952 bits per heavy atom. The van der Waals surface area contributed by atoms with Gasteiger partial charge < -0.3 is 5.32 Å². The molecule has 0 radical (unpaired) electrons. The van der Waals surface area contributed by atoms with Crippen molar-refractivity contribution >= 4 is 28.9 Å². The summed E-state index contributed by atoms with van der Waals surface area (Å²) in [4.78, 5) is 2.31.